The third-order valence-corrected chi connectivity index (χ3v) is 13.3. The van der Waals surface area contributed by atoms with Gasteiger partial charge < -0.3 is 0 Å². The molecular weight excluding hydrogens is 252 g/mol. The van der Waals surface area contributed by atoms with Crippen LogP contribution in [0.4, 0.5) is 0 Å². The van der Waals surface area contributed by atoms with Crippen LogP contribution < -0.4 is 0 Å². The molecule has 0 aromatic rings. The first-order chi connectivity index (χ1) is 6.45. The molecule has 13 heavy (non-hydrogen) atoms. The molecule has 2 aliphatic heterocycles. The summed E-state index contributed by atoms with van der Waals surface area (Å²) < 4.78 is 2.11. The predicted molar refractivity (Wildman–Crippen MR) is 75.2 cm³/mol. The van der Waals surface area contributed by atoms with Gasteiger partial charge in [0.2, 0.25) is 0 Å². The van der Waals surface area contributed by atoms with Crippen molar-refractivity contribution in [1.82, 2.24) is 0 Å². The molecule has 0 unspecified atom stereocenters. The van der Waals surface area contributed by atoms with Crippen molar-refractivity contribution in [1.29, 1.82) is 0 Å². The van der Waals surface area contributed by atoms with Gasteiger partial charge in [-0.1, -0.05) is 0 Å². The van der Waals surface area contributed by atoms with Gasteiger partial charge in [-0.25, -0.2) is 0 Å². The highest BCUT2D eigenvalue weighted by molar-refractivity contribution is 8.22. The molecule has 0 saturated carbocycles. The SMILES string of the molecule is C1CSC([SiH2]C2SCCCS2)SC1. The maximum atomic E-state index is 2.25. The van der Waals surface area contributed by atoms with E-state index in [1.807, 2.05) is 0 Å². The highest BCUT2D eigenvalue weighted by atomic mass is 32.2. The minimum Gasteiger partial charge on any atom is -0.152 e. The van der Waals surface area contributed by atoms with Crippen molar-refractivity contribution in [2.75, 3.05) is 23.0 Å². The van der Waals surface area contributed by atoms with Gasteiger partial charge in [0.25, 0.3) is 0 Å². The second-order valence-corrected chi connectivity index (χ2v) is 13.6. The number of hydrogen-bond acceptors (Lipinski definition) is 4. The molecule has 0 aliphatic carbocycles. The Labute approximate surface area is 100 Å². The van der Waals surface area contributed by atoms with Crippen molar-refractivity contribution >= 4 is 56.6 Å². The van der Waals surface area contributed by atoms with E-state index in [4.69, 9.17) is 0 Å². The molecule has 0 nitrogen and oxygen atoms in total. The summed E-state index contributed by atoms with van der Waals surface area (Å²) in [6.07, 6.45) is 2.90. The second kappa shape index (κ2) is 6.25. The van der Waals surface area contributed by atoms with Gasteiger partial charge in [-0.15, -0.1) is 0 Å². The normalized spacial score (nSPS) is 27.7. The summed E-state index contributed by atoms with van der Waals surface area (Å²) in [5.41, 5.74) is 0. The summed E-state index contributed by atoms with van der Waals surface area (Å²) in [5.74, 6) is 5.75. The molecule has 2 rings (SSSR count). The number of rotatable bonds is 2. The predicted octanol–water partition coefficient (Wildman–Crippen LogP) is 2.46. The van der Waals surface area contributed by atoms with Crippen molar-refractivity contribution in [3.8, 4) is 0 Å². The van der Waals surface area contributed by atoms with Gasteiger partial charge in [0.15, 0.2) is 0 Å². The van der Waals surface area contributed by atoms with Crippen molar-refractivity contribution < 1.29 is 0 Å². The van der Waals surface area contributed by atoms with Crippen LogP contribution in [-0.4, -0.2) is 40.9 Å². The standard InChI is InChI=1S/C8H16S4Si/c1-3-9-7(10-4-1)13-8-11-5-2-6-12-8/h7-8H,1-6,13H2. The first-order valence-corrected chi connectivity index (χ1v) is 10.7. The smallest absolute Gasteiger partial charge is 0.0757 e. The molecule has 0 spiro atoms. The van der Waals surface area contributed by atoms with Gasteiger partial charge in [0, 0.05) is 8.41 Å². The van der Waals surface area contributed by atoms with Crippen LogP contribution >= 0.6 is 47.0 Å². The van der Waals surface area contributed by atoms with Crippen molar-refractivity contribution in [3.05, 3.63) is 0 Å². The van der Waals surface area contributed by atoms with E-state index in [2.05, 4.69) is 47.0 Å². The monoisotopic (exact) mass is 268 g/mol. The van der Waals surface area contributed by atoms with Crippen LogP contribution in [0.1, 0.15) is 12.8 Å². The molecule has 2 heterocycles. The molecule has 76 valence electrons. The third kappa shape index (κ3) is 3.93. The molecule has 0 aromatic carbocycles. The van der Waals surface area contributed by atoms with E-state index in [1.54, 1.807) is 0 Å². The lowest BCUT2D eigenvalue weighted by molar-refractivity contribution is 1.11. The molecule has 2 fully saturated rings. The van der Waals surface area contributed by atoms with Crippen molar-refractivity contribution in [3.63, 3.8) is 0 Å². The van der Waals surface area contributed by atoms with Crippen LogP contribution in [0.2, 0.25) is 0 Å². The molecule has 2 aliphatic rings. The molecular formula is C8H16S4Si. The largest absolute Gasteiger partial charge is 0.152 e. The first-order valence-electron chi connectivity index (χ1n) is 4.91. The Morgan fingerprint density at radius 3 is 1.46 bits per heavy atom. The van der Waals surface area contributed by atoms with Crippen LogP contribution in [0, 0.1) is 0 Å². The van der Waals surface area contributed by atoms with Crippen LogP contribution in [0.5, 0.6) is 0 Å². The van der Waals surface area contributed by atoms with E-state index in [9.17, 15) is 0 Å². The Kier molecular flexibility index (Phi) is 5.35. The van der Waals surface area contributed by atoms with Crippen LogP contribution in [0.25, 0.3) is 0 Å². The molecule has 0 radical (unpaired) electrons. The summed E-state index contributed by atoms with van der Waals surface area (Å²) in [6, 6.07) is 0. The first kappa shape index (κ1) is 11.1. The number of hydrogen-bond donors (Lipinski definition) is 0. The Morgan fingerprint density at radius 1 is 0.692 bits per heavy atom. The van der Waals surface area contributed by atoms with Gasteiger partial charge in [0.1, 0.15) is 0 Å². The molecule has 5 heteroatoms. The van der Waals surface area contributed by atoms with E-state index in [0.29, 0.717) is 0 Å². The fraction of sp³-hybridized carbons (Fsp3) is 1.00. The average molecular weight is 269 g/mol. The summed E-state index contributed by atoms with van der Waals surface area (Å²) in [4.78, 5) is 0. The Bertz CT molecular complexity index is 127. The molecule has 0 N–H and O–H groups in total. The molecule has 2 saturated heterocycles. The number of thioether (sulfide) groups is 4. The molecule has 0 amide bonds. The Morgan fingerprint density at radius 2 is 1.08 bits per heavy atom. The zero-order chi connectivity index (χ0) is 8.93. The van der Waals surface area contributed by atoms with E-state index in [1.165, 1.54) is 35.9 Å². The summed E-state index contributed by atoms with van der Waals surface area (Å²) in [6.45, 7) is 0. The average Bonchev–Trinajstić information content (AvgIpc) is 2.21. The van der Waals surface area contributed by atoms with Crippen LogP contribution in [0.15, 0.2) is 0 Å². The minimum absolute atomic E-state index is 0.172. The molecule has 0 aromatic heterocycles. The van der Waals surface area contributed by atoms with Gasteiger partial charge in [-0.05, 0) is 35.9 Å². The lowest BCUT2D eigenvalue weighted by atomic mass is 10.6. The van der Waals surface area contributed by atoms with E-state index < -0.39 is 0 Å². The fourth-order valence-electron chi connectivity index (χ4n) is 1.50. The van der Waals surface area contributed by atoms with E-state index >= 15 is 0 Å². The second-order valence-electron chi connectivity index (χ2n) is 3.29. The van der Waals surface area contributed by atoms with Gasteiger partial charge in [-0.2, -0.15) is 47.0 Å². The quantitative estimate of drug-likeness (QED) is 0.705. The molecule has 0 atom stereocenters. The van der Waals surface area contributed by atoms with Gasteiger partial charge in [0.05, 0.1) is 9.52 Å². The lowest BCUT2D eigenvalue weighted by Crippen LogP contribution is -2.24. The summed E-state index contributed by atoms with van der Waals surface area (Å²) >= 11 is 9.02. The van der Waals surface area contributed by atoms with Crippen LogP contribution in [0.3, 0.4) is 0 Å². The summed E-state index contributed by atoms with van der Waals surface area (Å²) in [7, 11) is 0.172. The van der Waals surface area contributed by atoms with Crippen molar-refractivity contribution in [2.24, 2.45) is 0 Å². The van der Waals surface area contributed by atoms with Gasteiger partial charge >= 0.3 is 0 Å². The van der Waals surface area contributed by atoms with E-state index in [0.717, 1.165) is 8.41 Å². The lowest BCUT2D eigenvalue weighted by Gasteiger charge is -2.26. The Hall–Kier alpha value is 1.62. The zero-order valence-electron chi connectivity index (χ0n) is 7.74. The maximum Gasteiger partial charge on any atom is 0.0757 e. The van der Waals surface area contributed by atoms with E-state index in [-0.39, 0.29) is 9.52 Å². The van der Waals surface area contributed by atoms with Crippen LogP contribution in [-0.2, 0) is 0 Å². The van der Waals surface area contributed by atoms with Gasteiger partial charge in [-0.3, -0.25) is 0 Å². The summed E-state index contributed by atoms with van der Waals surface area (Å²) in [5, 5.41) is 0. The zero-order valence-corrected chi connectivity index (χ0v) is 12.4. The Balaban J connectivity index is 1.69. The third-order valence-electron chi connectivity index (χ3n) is 2.18. The highest BCUT2D eigenvalue weighted by Crippen LogP contribution is 2.36. The molecule has 0 bridgehead atoms. The highest BCUT2D eigenvalue weighted by Gasteiger charge is 2.22. The maximum absolute atomic E-state index is 2.25. The fourth-order valence-corrected chi connectivity index (χ4v) is 14.4. The minimum atomic E-state index is 0.172. The van der Waals surface area contributed by atoms with Crippen molar-refractivity contribution in [2.45, 2.75) is 21.3 Å². The topological polar surface area (TPSA) is 0 Å².